The van der Waals surface area contributed by atoms with E-state index in [-0.39, 0.29) is 22.9 Å². The molecule has 0 saturated carbocycles. The highest BCUT2D eigenvalue weighted by atomic mass is 32.2. The molecule has 0 bridgehead atoms. The van der Waals surface area contributed by atoms with Crippen molar-refractivity contribution in [2.24, 2.45) is 11.3 Å². The Bertz CT molecular complexity index is 395. The van der Waals surface area contributed by atoms with Crippen molar-refractivity contribution in [3.05, 3.63) is 0 Å². The lowest BCUT2D eigenvalue weighted by atomic mass is 9.94. The topological polar surface area (TPSA) is 54.5 Å². The molecule has 0 aromatic rings. The van der Waals surface area contributed by atoms with Crippen LogP contribution in [-0.2, 0) is 14.8 Å². The van der Waals surface area contributed by atoms with Crippen molar-refractivity contribution in [2.75, 3.05) is 18.8 Å². The second-order valence-corrected chi connectivity index (χ2v) is 8.39. The van der Waals surface area contributed by atoms with Crippen LogP contribution in [0.2, 0.25) is 0 Å². The van der Waals surface area contributed by atoms with E-state index in [1.165, 1.54) is 4.31 Å². The summed E-state index contributed by atoms with van der Waals surface area (Å²) < 4.78 is 25.9. The van der Waals surface area contributed by atoms with Gasteiger partial charge in [0.2, 0.25) is 10.0 Å². The maximum atomic E-state index is 12.2. The van der Waals surface area contributed by atoms with Crippen molar-refractivity contribution in [3.8, 4) is 0 Å². The first-order valence-corrected chi connectivity index (χ1v) is 8.27. The number of carbonyl (C=O) groups is 1. The maximum absolute atomic E-state index is 12.2. The van der Waals surface area contributed by atoms with E-state index in [2.05, 4.69) is 0 Å². The van der Waals surface area contributed by atoms with Gasteiger partial charge >= 0.3 is 0 Å². The van der Waals surface area contributed by atoms with Crippen molar-refractivity contribution in [1.82, 2.24) is 4.31 Å². The molecule has 0 spiro atoms. The zero-order valence-electron chi connectivity index (χ0n) is 11.9. The van der Waals surface area contributed by atoms with Crippen LogP contribution in [0.4, 0.5) is 0 Å². The van der Waals surface area contributed by atoms with E-state index in [1.54, 1.807) is 0 Å². The second kappa shape index (κ2) is 5.70. The number of rotatable bonds is 4. The Morgan fingerprint density at radius 1 is 1.33 bits per heavy atom. The van der Waals surface area contributed by atoms with E-state index >= 15 is 0 Å². The smallest absolute Gasteiger partial charge is 0.214 e. The predicted octanol–water partition coefficient (Wildman–Crippen LogP) is 2.05. The number of ketones is 1. The van der Waals surface area contributed by atoms with Gasteiger partial charge in [-0.3, -0.25) is 4.79 Å². The van der Waals surface area contributed by atoms with Gasteiger partial charge in [0.25, 0.3) is 0 Å². The van der Waals surface area contributed by atoms with Crippen LogP contribution in [0.25, 0.3) is 0 Å². The van der Waals surface area contributed by atoms with Gasteiger partial charge < -0.3 is 0 Å². The zero-order valence-corrected chi connectivity index (χ0v) is 12.7. The van der Waals surface area contributed by atoms with Gasteiger partial charge in [0.15, 0.2) is 0 Å². The first-order chi connectivity index (χ1) is 8.15. The van der Waals surface area contributed by atoms with Crippen molar-refractivity contribution in [3.63, 3.8) is 0 Å². The van der Waals surface area contributed by atoms with Gasteiger partial charge in [0.1, 0.15) is 5.78 Å². The largest absolute Gasteiger partial charge is 0.299 e. The number of nitrogens with zero attached hydrogens (tertiary/aromatic N) is 1. The zero-order chi connectivity index (χ0) is 14.0. The van der Waals surface area contributed by atoms with Crippen LogP contribution in [0.5, 0.6) is 0 Å². The molecule has 5 heteroatoms. The summed E-state index contributed by atoms with van der Waals surface area (Å²) in [5.41, 5.74) is 0.0167. The third-order valence-electron chi connectivity index (χ3n) is 3.48. The van der Waals surface area contributed by atoms with Gasteiger partial charge in [-0.25, -0.2) is 12.7 Å². The average Bonchev–Trinajstić information content (AvgIpc) is 2.26. The molecular weight excluding hydrogens is 250 g/mol. The van der Waals surface area contributed by atoms with Gasteiger partial charge in [-0.2, -0.15) is 0 Å². The summed E-state index contributed by atoms with van der Waals surface area (Å²) in [6, 6.07) is 0. The van der Waals surface area contributed by atoms with Crippen LogP contribution in [0, 0.1) is 11.3 Å². The number of hydrogen-bond acceptors (Lipinski definition) is 3. The molecule has 0 aromatic heterocycles. The lowest BCUT2D eigenvalue weighted by molar-refractivity contribution is -0.125. The molecule has 106 valence electrons. The van der Waals surface area contributed by atoms with Crippen LogP contribution in [-0.4, -0.2) is 37.3 Å². The van der Waals surface area contributed by atoms with E-state index < -0.39 is 10.0 Å². The molecule has 1 saturated heterocycles. The van der Waals surface area contributed by atoms with Gasteiger partial charge in [-0.05, 0) is 18.3 Å². The van der Waals surface area contributed by atoms with Crippen LogP contribution < -0.4 is 0 Å². The molecule has 0 amide bonds. The summed E-state index contributed by atoms with van der Waals surface area (Å²) in [4.78, 5) is 11.6. The molecule has 0 N–H and O–H groups in total. The molecule has 1 atom stereocenters. The minimum Gasteiger partial charge on any atom is -0.299 e. The quantitative estimate of drug-likeness (QED) is 0.789. The number of hydrogen-bond donors (Lipinski definition) is 0. The van der Waals surface area contributed by atoms with Crippen LogP contribution >= 0.6 is 0 Å². The molecule has 1 heterocycles. The van der Waals surface area contributed by atoms with E-state index in [0.29, 0.717) is 25.9 Å². The summed E-state index contributed by atoms with van der Waals surface area (Å²) in [6.07, 6.45) is 1.74. The van der Waals surface area contributed by atoms with E-state index in [9.17, 15) is 13.2 Å². The molecule has 0 radical (unpaired) electrons. The number of Topliss-reactive ketones (excluding diaryl/α,β-unsaturated/α-hetero) is 1. The molecular formula is C13H25NO3S. The Balaban J connectivity index is 2.66. The fourth-order valence-electron chi connectivity index (χ4n) is 2.05. The first kappa shape index (κ1) is 15.6. The minimum atomic E-state index is -3.20. The standard InChI is InChI=1S/C13H25NO3S/c1-5-11-10-14(8-6-12(11)15)18(16,17)9-7-13(2,3)4/h11H,5-10H2,1-4H3. The average molecular weight is 275 g/mol. The lowest BCUT2D eigenvalue weighted by Crippen LogP contribution is -2.45. The van der Waals surface area contributed by atoms with Gasteiger partial charge in [0, 0.05) is 25.4 Å². The maximum Gasteiger partial charge on any atom is 0.214 e. The number of sulfonamides is 1. The molecule has 1 fully saturated rings. The Labute approximate surface area is 111 Å². The molecule has 0 aliphatic carbocycles. The molecule has 1 unspecified atom stereocenters. The van der Waals surface area contributed by atoms with Gasteiger partial charge in [-0.15, -0.1) is 0 Å². The summed E-state index contributed by atoms with van der Waals surface area (Å²) in [5.74, 6) is 0.282. The number of piperidine rings is 1. The van der Waals surface area contributed by atoms with Crippen molar-refractivity contribution >= 4 is 15.8 Å². The lowest BCUT2D eigenvalue weighted by Gasteiger charge is -2.31. The summed E-state index contributed by atoms with van der Waals surface area (Å²) in [5, 5.41) is 0. The molecule has 18 heavy (non-hydrogen) atoms. The highest BCUT2D eigenvalue weighted by Gasteiger charge is 2.32. The molecule has 1 aliphatic heterocycles. The predicted molar refractivity (Wildman–Crippen MR) is 72.8 cm³/mol. The van der Waals surface area contributed by atoms with Crippen molar-refractivity contribution in [1.29, 1.82) is 0 Å². The first-order valence-electron chi connectivity index (χ1n) is 6.66. The third-order valence-corrected chi connectivity index (χ3v) is 5.32. The van der Waals surface area contributed by atoms with E-state index in [1.807, 2.05) is 27.7 Å². The Kier molecular flexibility index (Phi) is 4.95. The van der Waals surface area contributed by atoms with Crippen LogP contribution in [0.3, 0.4) is 0 Å². The second-order valence-electron chi connectivity index (χ2n) is 6.31. The van der Waals surface area contributed by atoms with E-state index in [4.69, 9.17) is 0 Å². The minimum absolute atomic E-state index is 0.0167. The Morgan fingerprint density at radius 3 is 2.44 bits per heavy atom. The van der Waals surface area contributed by atoms with Crippen LogP contribution in [0.1, 0.15) is 47.0 Å². The fraction of sp³-hybridized carbons (Fsp3) is 0.923. The Hall–Kier alpha value is -0.420. The highest BCUT2D eigenvalue weighted by molar-refractivity contribution is 7.89. The normalized spacial score (nSPS) is 23.3. The van der Waals surface area contributed by atoms with Gasteiger partial charge in [0.05, 0.1) is 5.75 Å². The monoisotopic (exact) mass is 275 g/mol. The molecule has 1 rings (SSSR count). The molecule has 0 aromatic carbocycles. The summed E-state index contributed by atoms with van der Waals surface area (Å²) >= 11 is 0. The molecule has 4 nitrogen and oxygen atoms in total. The summed E-state index contributed by atoms with van der Waals surface area (Å²) in [6.45, 7) is 8.79. The van der Waals surface area contributed by atoms with Crippen molar-refractivity contribution < 1.29 is 13.2 Å². The van der Waals surface area contributed by atoms with E-state index in [0.717, 1.165) is 6.42 Å². The Morgan fingerprint density at radius 2 is 1.94 bits per heavy atom. The fourth-order valence-corrected chi connectivity index (χ4v) is 3.96. The van der Waals surface area contributed by atoms with Gasteiger partial charge in [-0.1, -0.05) is 27.7 Å². The number of carbonyl (C=O) groups excluding carboxylic acids is 1. The van der Waals surface area contributed by atoms with Crippen LogP contribution in [0.15, 0.2) is 0 Å². The highest BCUT2D eigenvalue weighted by Crippen LogP contribution is 2.23. The third kappa shape index (κ3) is 4.35. The summed E-state index contributed by atoms with van der Waals surface area (Å²) in [7, 11) is -3.20. The van der Waals surface area contributed by atoms with Crippen molar-refractivity contribution in [2.45, 2.75) is 47.0 Å². The molecule has 1 aliphatic rings. The SMILES string of the molecule is CCC1CN(S(=O)(=O)CCC(C)(C)C)CCC1=O.